The summed E-state index contributed by atoms with van der Waals surface area (Å²) in [5.41, 5.74) is 3.93. The maximum atomic E-state index is 13.0. The number of rotatable bonds is 5. The Kier molecular flexibility index (Phi) is 5.42. The van der Waals surface area contributed by atoms with Gasteiger partial charge in [-0.3, -0.25) is 4.79 Å². The van der Waals surface area contributed by atoms with Crippen LogP contribution < -0.4 is 5.32 Å². The monoisotopic (exact) mass is 390 g/mol. The van der Waals surface area contributed by atoms with Crippen molar-refractivity contribution >= 4 is 34.4 Å². The lowest BCUT2D eigenvalue weighted by atomic mass is 9.86. The molecule has 3 aromatic rings. The second kappa shape index (κ2) is 8.31. The number of carbonyl (C=O) groups excluding carboxylic acids is 2. The predicted octanol–water partition coefficient (Wildman–Crippen LogP) is 4.00. The van der Waals surface area contributed by atoms with Crippen molar-refractivity contribution < 1.29 is 18.7 Å². The number of benzene rings is 1. The highest BCUT2D eigenvalue weighted by atomic mass is 16.5. The molecule has 0 atom stereocenters. The molecule has 0 spiro atoms. The van der Waals surface area contributed by atoms with Gasteiger partial charge in [-0.1, -0.05) is 18.2 Å². The Morgan fingerprint density at radius 1 is 1.21 bits per heavy atom. The number of pyridine rings is 1. The molecule has 2 aromatic heterocycles. The van der Waals surface area contributed by atoms with Crippen molar-refractivity contribution in [3.63, 3.8) is 0 Å². The van der Waals surface area contributed by atoms with E-state index in [0.29, 0.717) is 12.1 Å². The Morgan fingerprint density at radius 3 is 2.86 bits per heavy atom. The van der Waals surface area contributed by atoms with Crippen molar-refractivity contribution in [2.24, 2.45) is 0 Å². The Hall–Kier alpha value is -3.41. The minimum absolute atomic E-state index is 0.298. The van der Waals surface area contributed by atoms with E-state index in [2.05, 4.69) is 5.32 Å². The molecule has 0 aliphatic heterocycles. The molecule has 0 radical (unpaired) electrons. The number of hydrogen-bond acceptors (Lipinski definition) is 5. The zero-order valence-corrected chi connectivity index (χ0v) is 16.2. The van der Waals surface area contributed by atoms with Crippen LogP contribution in [0, 0.1) is 0 Å². The fraction of sp³-hybridized carbons (Fsp3) is 0.261. The molecule has 148 valence electrons. The van der Waals surface area contributed by atoms with Gasteiger partial charge in [0.15, 0.2) is 6.61 Å². The SMILES string of the molecule is CCNC(=O)COC(=O)c1c2c(nc3ccccc13)/C(=C\c1ccco1)CCC2. The van der Waals surface area contributed by atoms with Gasteiger partial charge in [-0.05, 0) is 61.6 Å². The number of ether oxygens (including phenoxy) is 1. The molecule has 0 saturated carbocycles. The van der Waals surface area contributed by atoms with Crippen LogP contribution in [0.3, 0.4) is 0 Å². The molecular formula is C23H22N2O4. The summed E-state index contributed by atoms with van der Waals surface area (Å²) < 4.78 is 10.8. The van der Waals surface area contributed by atoms with Crippen LogP contribution in [-0.2, 0) is 16.0 Å². The molecule has 4 rings (SSSR count). The van der Waals surface area contributed by atoms with Crippen molar-refractivity contribution in [2.45, 2.75) is 26.2 Å². The van der Waals surface area contributed by atoms with E-state index < -0.39 is 5.97 Å². The van der Waals surface area contributed by atoms with Crippen LogP contribution in [0.25, 0.3) is 22.6 Å². The molecule has 6 heteroatoms. The Balaban J connectivity index is 1.79. The third kappa shape index (κ3) is 3.92. The van der Waals surface area contributed by atoms with Gasteiger partial charge in [0.25, 0.3) is 5.91 Å². The van der Waals surface area contributed by atoms with Crippen molar-refractivity contribution in [3.8, 4) is 0 Å². The highest BCUT2D eigenvalue weighted by molar-refractivity contribution is 6.07. The third-order valence-electron chi connectivity index (χ3n) is 4.94. The number of carbonyl (C=O) groups is 2. The fourth-order valence-corrected chi connectivity index (χ4v) is 3.70. The zero-order valence-electron chi connectivity index (χ0n) is 16.2. The average Bonchev–Trinajstić information content (AvgIpc) is 3.24. The van der Waals surface area contributed by atoms with E-state index in [4.69, 9.17) is 14.1 Å². The van der Waals surface area contributed by atoms with Crippen molar-refractivity contribution in [1.29, 1.82) is 0 Å². The summed E-state index contributed by atoms with van der Waals surface area (Å²) in [4.78, 5) is 29.6. The van der Waals surface area contributed by atoms with Crippen LogP contribution in [0.5, 0.6) is 0 Å². The quantitative estimate of drug-likeness (QED) is 0.666. The van der Waals surface area contributed by atoms with E-state index in [1.807, 2.05) is 49.4 Å². The minimum Gasteiger partial charge on any atom is -0.465 e. The van der Waals surface area contributed by atoms with Gasteiger partial charge >= 0.3 is 5.97 Å². The second-order valence-electron chi connectivity index (χ2n) is 6.90. The van der Waals surface area contributed by atoms with Gasteiger partial charge in [0.1, 0.15) is 5.76 Å². The van der Waals surface area contributed by atoms with Gasteiger partial charge in [0.05, 0.1) is 23.0 Å². The number of allylic oxidation sites excluding steroid dienone is 1. The maximum absolute atomic E-state index is 13.0. The molecule has 0 fully saturated rings. The second-order valence-corrected chi connectivity index (χ2v) is 6.90. The topological polar surface area (TPSA) is 81.4 Å². The molecule has 2 heterocycles. The van der Waals surface area contributed by atoms with Crippen LogP contribution in [0.2, 0.25) is 0 Å². The molecule has 1 N–H and O–H groups in total. The van der Waals surface area contributed by atoms with Gasteiger partial charge in [0.2, 0.25) is 0 Å². The lowest BCUT2D eigenvalue weighted by Crippen LogP contribution is -2.28. The van der Waals surface area contributed by atoms with Crippen LogP contribution in [-0.4, -0.2) is 30.0 Å². The van der Waals surface area contributed by atoms with Crippen molar-refractivity contribution in [3.05, 3.63) is 65.2 Å². The Labute approximate surface area is 168 Å². The Morgan fingerprint density at radius 2 is 2.07 bits per heavy atom. The number of furan rings is 1. The van der Waals surface area contributed by atoms with Gasteiger partial charge in [-0.15, -0.1) is 0 Å². The minimum atomic E-state index is -0.495. The van der Waals surface area contributed by atoms with Crippen LogP contribution in [0.1, 0.15) is 47.1 Å². The molecule has 0 bridgehead atoms. The molecule has 1 aliphatic carbocycles. The molecule has 1 aromatic carbocycles. The summed E-state index contributed by atoms with van der Waals surface area (Å²) >= 11 is 0. The normalized spacial score (nSPS) is 14.6. The van der Waals surface area contributed by atoms with Crippen LogP contribution >= 0.6 is 0 Å². The number of nitrogens with one attached hydrogen (secondary N) is 1. The van der Waals surface area contributed by atoms with E-state index in [0.717, 1.165) is 52.8 Å². The van der Waals surface area contributed by atoms with E-state index in [1.165, 1.54) is 0 Å². The maximum Gasteiger partial charge on any atom is 0.339 e. The summed E-state index contributed by atoms with van der Waals surface area (Å²) in [5.74, 6) is -0.0555. The van der Waals surface area contributed by atoms with Gasteiger partial charge in [-0.2, -0.15) is 0 Å². The number of aromatic nitrogens is 1. The number of likely N-dealkylation sites (N-methyl/N-ethyl adjacent to an activating group) is 1. The highest BCUT2D eigenvalue weighted by Crippen LogP contribution is 2.36. The number of esters is 1. The highest BCUT2D eigenvalue weighted by Gasteiger charge is 2.26. The average molecular weight is 390 g/mol. The van der Waals surface area contributed by atoms with E-state index in [9.17, 15) is 9.59 Å². The molecular weight excluding hydrogens is 368 g/mol. The lowest BCUT2D eigenvalue weighted by molar-refractivity contribution is -0.124. The van der Waals surface area contributed by atoms with Crippen molar-refractivity contribution in [1.82, 2.24) is 10.3 Å². The first-order valence-electron chi connectivity index (χ1n) is 9.77. The molecule has 0 unspecified atom stereocenters. The number of hydrogen-bond donors (Lipinski definition) is 1. The van der Waals surface area contributed by atoms with Crippen molar-refractivity contribution in [2.75, 3.05) is 13.2 Å². The van der Waals surface area contributed by atoms with E-state index >= 15 is 0 Å². The standard InChI is InChI=1S/C23H22N2O4/c1-2-24-20(26)14-29-23(27)21-17-9-3-4-11-19(17)25-22-15(7-5-10-18(21)22)13-16-8-6-12-28-16/h3-4,6,8-9,11-13H,2,5,7,10,14H2,1H3,(H,24,26)/b15-13-. The first-order valence-corrected chi connectivity index (χ1v) is 9.77. The third-order valence-corrected chi connectivity index (χ3v) is 4.94. The fourth-order valence-electron chi connectivity index (χ4n) is 3.70. The smallest absolute Gasteiger partial charge is 0.339 e. The lowest BCUT2D eigenvalue weighted by Gasteiger charge is -2.22. The summed E-state index contributed by atoms with van der Waals surface area (Å²) in [6.45, 7) is 2.01. The summed E-state index contributed by atoms with van der Waals surface area (Å²) in [5, 5.41) is 3.38. The predicted molar refractivity (Wildman–Crippen MR) is 110 cm³/mol. The van der Waals surface area contributed by atoms with Gasteiger partial charge in [-0.25, -0.2) is 9.78 Å². The van der Waals surface area contributed by atoms with Gasteiger partial charge < -0.3 is 14.5 Å². The van der Waals surface area contributed by atoms with Crippen LogP contribution in [0.15, 0.2) is 47.1 Å². The molecule has 1 amide bonds. The summed E-state index contributed by atoms with van der Waals surface area (Å²) in [6.07, 6.45) is 6.09. The largest absolute Gasteiger partial charge is 0.465 e. The summed E-state index contributed by atoms with van der Waals surface area (Å²) in [7, 11) is 0. The number of fused-ring (bicyclic) bond motifs is 2. The molecule has 29 heavy (non-hydrogen) atoms. The number of nitrogens with zero attached hydrogens (tertiary/aromatic N) is 1. The van der Waals surface area contributed by atoms with E-state index in [1.54, 1.807) is 6.26 Å². The van der Waals surface area contributed by atoms with Gasteiger partial charge in [0, 0.05) is 11.9 Å². The number of amides is 1. The Bertz CT molecular complexity index is 1080. The van der Waals surface area contributed by atoms with Crippen LogP contribution in [0.4, 0.5) is 0 Å². The first-order chi connectivity index (χ1) is 14.2. The first kappa shape index (κ1) is 18.9. The molecule has 0 saturated heterocycles. The molecule has 1 aliphatic rings. The van der Waals surface area contributed by atoms with E-state index in [-0.39, 0.29) is 12.5 Å². The number of para-hydroxylation sites is 1. The zero-order chi connectivity index (χ0) is 20.2. The summed E-state index contributed by atoms with van der Waals surface area (Å²) in [6, 6.07) is 11.3. The molecule has 6 nitrogen and oxygen atoms in total.